The fraction of sp³-hybridized carbons (Fsp3) is 0.125. The van der Waals surface area contributed by atoms with Crippen molar-refractivity contribution in [3.63, 3.8) is 0 Å². The number of anilines is 1. The number of para-hydroxylation sites is 2. The zero-order valence-corrected chi connectivity index (χ0v) is 12.7. The number of carbonyl (C=O) groups excluding carboxylic acids is 1. The Morgan fingerprint density at radius 3 is 2.42 bits per heavy atom. The Labute approximate surface area is 142 Å². The highest BCUT2D eigenvalue weighted by molar-refractivity contribution is 5.92. The molecule has 1 N–H and O–H groups in total. The first kappa shape index (κ1) is 17.8. The number of nitrogens with zero attached hydrogens (tertiary/aromatic N) is 2. The van der Waals surface area contributed by atoms with Crippen molar-refractivity contribution in [2.75, 3.05) is 5.32 Å². The molecule has 0 saturated carbocycles. The Morgan fingerprint density at radius 2 is 1.73 bits per heavy atom. The molecule has 1 amide bonds. The van der Waals surface area contributed by atoms with Crippen LogP contribution in [0.4, 0.5) is 32.0 Å². The molecule has 0 atom stereocenters. The minimum Gasteiger partial charge on any atom is -0.322 e. The van der Waals surface area contributed by atoms with Gasteiger partial charge in [-0.2, -0.15) is 13.2 Å². The zero-order valence-electron chi connectivity index (χ0n) is 12.7. The van der Waals surface area contributed by atoms with Gasteiger partial charge in [0.05, 0.1) is 16.7 Å². The second-order valence-electron chi connectivity index (χ2n) is 5.28. The Kier molecular flexibility index (Phi) is 4.34. The molecule has 0 aliphatic carbocycles. The van der Waals surface area contributed by atoms with Crippen LogP contribution in [0.15, 0.2) is 36.4 Å². The van der Waals surface area contributed by atoms with Crippen LogP contribution in [0.1, 0.15) is 5.82 Å². The summed E-state index contributed by atoms with van der Waals surface area (Å²) >= 11 is 0. The quantitative estimate of drug-likeness (QED) is 0.555. The van der Waals surface area contributed by atoms with Gasteiger partial charge in [0.1, 0.15) is 6.54 Å². The van der Waals surface area contributed by atoms with Crippen LogP contribution in [0.3, 0.4) is 0 Å². The van der Waals surface area contributed by atoms with E-state index in [4.69, 9.17) is 0 Å². The fourth-order valence-electron chi connectivity index (χ4n) is 2.41. The molecule has 10 heteroatoms. The minimum atomic E-state index is -4.83. The van der Waals surface area contributed by atoms with Crippen LogP contribution in [-0.4, -0.2) is 15.5 Å². The van der Waals surface area contributed by atoms with Crippen molar-refractivity contribution in [2.24, 2.45) is 0 Å². The van der Waals surface area contributed by atoms with E-state index >= 15 is 0 Å². The smallest absolute Gasteiger partial charge is 0.322 e. The van der Waals surface area contributed by atoms with E-state index in [0.717, 1.165) is 6.07 Å². The number of hydrogen-bond donors (Lipinski definition) is 1. The summed E-state index contributed by atoms with van der Waals surface area (Å²) in [5.74, 6) is -7.28. The van der Waals surface area contributed by atoms with Crippen LogP contribution in [0.5, 0.6) is 0 Å². The molecule has 136 valence electrons. The molecular formula is C16H9F6N3O. The summed E-state index contributed by atoms with van der Waals surface area (Å²) in [5.41, 5.74) is -0.626. The van der Waals surface area contributed by atoms with Crippen molar-refractivity contribution in [2.45, 2.75) is 12.7 Å². The summed E-state index contributed by atoms with van der Waals surface area (Å²) in [5, 5.41) is 1.92. The highest BCUT2D eigenvalue weighted by atomic mass is 19.4. The van der Waals surface area contributed by atoms with Gasteiger partial charge in [-0.25, -0.2) is 18.2 Å². The summed E-state index contributed by atoms with van der Waals surface area (Å²) in [7, 11) is 0. The lowest BCUT2D eigenvalue weighted by Gasteiger charge is -2.12. The Morgan fingerprint density at radius 1 is 1.04 bits per heavy atom. The van der Waals surface area contributed by atoms with Gasteiger partial charge in [-0.1, -0.05) is 12.1 Å². The van der Waals surface area contributed by atoms with E-state index in [1.807, 2.05) is 5.32 Å². The van der Waals surface area contributed by atoms with Crippen molar-refractivity contribution in [1.82, 2.24) is 9.55 Å². The highest BCUT2D eigenvalue weighted by Gasteiger charge is 2.38. The molecule has 3 rings (SSSR count). The first-order valence-corrected chi connectivity index (χ1v) is 7.14. The molecule has 3 aromatic rings. The first-order valence-electron chi connectivity index (χ1n) is 7.14. The van der Waals surface area contributed by atoms with Gasteiger partial charge in [0, 0.05) is 0 Å². The summed E-state index contributed by atoms with van der Waals surface area (Å²) in [4.78, 5) is 15.5. The average molecular weight is 373 g/mol. The van der Waals surface area contributed by atoms with Gasteiger partial charge in [-0.05, 0) is 24.3 Å². The molecule has 0 bridgehead atoms. The standard InChI is InChI=1S/C16H9F6N3O/c17-8-5-6-10(14(19)13(8)18)23-12(26)7-25-11-4-2-1-3-9(11)24-15(25)16(20,21)22/h1-6H,7H2,(H,23,26). The van der Waals surface area contributed by atoms with Crippen molar-refractivity contribution in [1.29, 1.82) is 0 Å². The Bertz CT molecular complexity index is 996. The molecule has 4 nitrogen and oxygen atoms in total. The third-order valence-electron chi connectivity index (χ3n) is 3.52. The minimum absolute atomic E-state index is 0.0200. The molecular weight excluding hydrogens is 364 g/mol. The highest BCUT2D eigenvalue weighted by Crippen LogP contribution is 2.31. The number of fused-ring (bicyclic) bond motifs is 1. The van der Waals surface area contributed by atoms with Crippen LogP contribution < -0.4 is 5.32 Å². The predicted molar refractivity (Wildman–Crippen MR) is 79.7 cm³/mol. The van der Waals surface area contributed by atoms with Crippen LogP contribution in [-0.2, 0) is 17.5 Å². The third-order valence-corrected chi connectivity index (χ3v) is 3.52. The number of benzene rings is 2. The SMILES string of the molecule is O=C(Cn1c(C(F)(F)F)nc2ccccc21)Nc1ccc(F)c(F)c1F. The average Bonchev–Trinajstić information content (AvgIpc) is 2.94. The van der Waals surface area contributed by atoms with Crippen molar-refractivity contribution in [3.8, 4) is 0 Å². The van der Waals surface area contributed by atoms with Gasteiger partial charge in [0.2, 0.25) is 11.7 Å². The summed E-state index contributed by atoms with van der Waals surface area (Å²) in [6.07, 6.45) is -4.83. The number of rotatable bonds is 3. The maximum atomic E-state index is 13.6. The molecule has 0 saturated heterocycles. The number of alkyl halides is 3. The van der Waals surface area contributed by atoms with E-state index in [1.54, 1.807) is 0 Å². The second kappa shape index (κ2) is 6.36. The topological polar surface area (TPSA) is 46.9 Å². The number of nitrogens with one attached hydrogen (secondary N) is 1. The predicted octanol–water partition coefficient (Wildman–Crippen LogP) is 4.11. The molecule has 0 radical (unpaired) electrons. The van der Waals surface area contributed by atoms with E-state index in [9.17, 15) is 31.1 Å². The van der Waals surface area contributed by atoms with Crippen molar-refractivity contribution in [3.05, 3.63) is 59.7 Å². The molecule has 0 aliphatic rings. The molecule has 0 unspecified atom stereocenters. The molecule has 2 aromatic carbocycles. The Balaban J connectivity index is 1.94. The van der Waals surface area contributed by atoms with Gasteiger partial charge in [-0.3, -0.25) is 4.79 Å². The number of aromatic nitrogens is 2. The third kappa shape index (κ3) is 3.22. The van der Waals surface area contributed by atoms with E-state index in [2.05, 4.69) is 4.98 Å². The van der Waals surface area contributed by atoms with Crippen LogP contribution in [0, 0.1) is 17.5 Å². The van der Waals surface area contributed by atoms with Gasteiger partial charge in [0.25, 0.3) is 0 Å². The van der Waals surface area contributed by atoms with Gasteiger partial charge < -0.3 is 9.88 Å². The number of halogens is 6. The molecule has 1 aromatic heterocycles. The second-order valence-corrected chi connectivity index (χ2v) is 5.28. The lowest BCUT2D eigenvalue weighted by atomic mass is 10.2. The normalized spacial score (nSPS) is 11.8. The van der Waals surface area contributed by atoms with Gasteiger partial charge >= 0.3 is 6.18 Å². The van der Waals surface area contributed by atoms with Crippen molar-refractivity contribution < 1.29 is 31.1 Å². The zero-order chi connectivity index (χ0) is 19.1. The fourth-order valence-corrected chi connectivity index (χ4v) is 2.41. The maximum Gasteiger partial charge on any atom is 0.449 e. The number of imidazole rings is 1. The maximum absolute atomic E-state index is 13.6. The number of amides is 1. The molecule has 26 heavy (non-hydrogen) atoms. The molecule has 0 fully saturated rings. The first-order chi connectivity index (χ1) is 12.2. The molecule has 0 spiro atoms. The lowest BCUT2D eigenvalue weighted by Crippen LogP contribution is -2.24. The molecule has 0 aliphatic heterocycles. The Hall–Kier alpha value is -3.04. The van der Waals surface area contributed by atoms with E-state index in [-0.39, 0.29) is 11.0 Å². The van der Waals surface area contributed by atoms with Gasteiger partial charge in [0.15, 0.2) is 17.5 Å². The van der Waals surface area contributed by atoms with Gasteiger partial charge in [-0.15, -0.1) is 0 Å². The summed E-state index contributed by atoms with van der Waals surface area (Å²) < 4.78 is 79.8. The monoisotopic (exact) mass is 373 g/mol. The van der Waals surface area contributed by atoms with E-state index in [0.29, 0.717) is 10.6 Å². The van der Waals surface area contributed by atoms with Crippen LogP contribution >= 0.6 is 0 Å². The van der Waals surface area contributed by atoms with E-state index < -0.39 is 47.6 Å². The van der Waals surface area contributed by atoms with E-state index in [1.165, 1.54) is 24.3 Å². The van der Waals surface area contributed by atoms with Crippen LogP contribution in [0.25, 0.3) is 11.0 Å². The van der Waals surface area contributed by atoms with Crippen molar-refractivity contribution >= 4 is 22.6 Å². The largest absolute Gasteiger partial charge is 0.449 e. The lowest BCUT2D eigenvalue weighted by molar-refractivity contribution is -0.147. The summed E-state index contributed by atoms with van der Waals surface area (Å²) in [6.45, 7) is -0.853. The summed E-state index contributed by atoms with van der Waals surface area (Å²) in [6, 6.07) is 6.98. The number of carbonyl (C=O) groups is 1. The number of hydrogen-bond acceptors (Lipinski definition) is 2. The molecule has 1 heterocycles. The van der Waals surface area contributed by atoms with Crippen LogP contribution in [0.2, 0.25) is 0 Å².